The minimum atomic E-state index is -0.0657. The zero-order chi connectivity index (χ0) is 17.1. The van der Waals surface area contributed by atoms with Crippen molar-refractivity contribution in [1.82, 2.24) is 10.2 Å². The number of aromatic hydroxyl groups is 1. The molecule has 0 saturated heterocycles. The van der Waals surface area contributed by atoms with Crippen LogP contribution in [0.15, 0.2) is 12.1 Å². The molecule has 0 bridgehead atoms. The minimum Gasteiger partial charge on any atom is -0.507 e. The highest BCUT2D eigenvalue weighted by atomic mass is 16.3. The van der Waals surface area contributed by atoms with Gasteiger partial charge in [-0.05, 0) is 36.1 Å². The van der Waals surface area contributed by atoms with Gasteiger partial charge in [0.15, 0.2) is 0 Å². The largest absolute Gasteiger partial charge is 0.507 e. The molecule has 0 atom stereocenters. The fourth-order valence-corrected chi connectivity index (χ4v) is 2.36. The first-order chi connectivity index (χ1) is 9.93. The second kappa shape index (κ2) is 7.01. The summed E-state index contributed by atoms with van der Waals surface area (Å²) in [7, 11) is 4.13. The van der Waals surface area contributed by atoms with Crippen LogP contribution >= 0.6 is 0 Å². The van der Waals surface area contributed by atoms with E-state index in [0.29, 0.717) is 12.3 Å². The second-order valence-corrected chi connectivity index (χ2v) is 8.51. The maximum Gasteiger partial charge on any atom is 0.123 e. The molecule has 0 aromatic heterocycles. The predicted molar refractivity (Wildman–Crippen MR) is 95.8 cm³/mol. The van der Waals surface area contributed by atoms with E-state index in [1.807, 2.05) is 0 Å². The maximum absolute atomic E-state index is 10.7. The number of hydrogen-bond donors (Lipinski definition) is 2. The number of nitrogens with zero attached hydrogens (tertiary/aromatic N) is 1. The number of hydrogen-bond acceptors (Lipinski definition) is 3. The molecule has 1 rings (SSSR count). The Hall–Kier alpha value is -1.06. The fourth-order valence-electron chi connectivity index (χ4n) is 2.36. The second-order valence-electron chi connectivity index (χ2n) is 8.51. The summed E-state index contributed by atoms with van der Waals surface area (Å²) in [6.45, 7) is 15.7. The van der Waals surface area contributed by atoms with Crippen molar-refractivity contribution < 1.29 is 5.11 Å². The van der Waals surface area contributed by atoms with Crippen molar-refractivity contribution in [3.05, 3.63) is 28.8 Å². The van der Waals surface area contributed by atoms with Gasteiger partial charge in [-0.15, -0.1) is 0 Å². The van der Waals surface area contributed by atoms with E-state index in [0.717, 1.165) is 24.2 Å². The molecule has 0 amide bonds. The number of nitrogens with one attached hydrogen (secondary N) is 1. The third-order valence-corrected chi connectivity index (χ3v) is 3.91. The Kier molecular flexibility index (Phi) is 6.05. The van der Waals surface area contributed by atoms with E-state index in [4.69, 9.17) is 0 Å². The quantitative estimate of drug-likeness (QED) is 0.815. The lowest BCUT2D eigenvalue weighted by atomic mass is 9.79. The van der Waals surface area contributed by atoms with Crippen LogP contribution in [0.1, 0.15) is 58.2 Å². The number of likely N-dealkylation sites (N-methyl/N-ethyl adjacent to an activating group) is 1. The molecule has 0 aliphatic carbocycles. The van der Waals surface area contributed by atoms with E-state index >= 15 is 0 Å². The Labute approximate surface area is 136 Å². The topological polar surface area (TPSA) is 35.5 Å². The zero-order valence-electron chi connectivity index (χ0n) is 15.7. The Morgan fingerprint density at radius 3 is 2.05 bits per heavy atom. The smallest absolute Gasteiger partial charge is 0.123 e. The van der Waals surface area contributed by atoms with Crippen LogP contribution in [0, 0.1) is 0 Å². The molecule has 0 radical (unpaired) electrons. The lowest BCUT2D eigenvalue weighted by Crippen LogP contribution is -2.26. The normalized spacial score (nSPS) is 13.0. The lowest BCUT2D eigenvalue weighted by Gasteiger charge is -2.27. The molecule has 0 aliphatic heterocycles. The van der Waals surface area contributed by atoms with Crippen molar-refractivity contribution in [3.8, 4) is 5.75 Å². The molecule has 0 heterocycles. The average Bonchev–Trinajstić information content (AvgIpc) is 2.33. The number of rotatable bonds is 5. The third-order valence-electron chi connectivity index (χ3n) is 3.91. The standard InChI is InChI=1S/C19H34N2O/c1-18(2,3)15-11-14(13-20-9-10-21(7)8)17(22)16(12-15)19(4,5)6/h11-12,20,22H,9-10,13H2,1-8H3. The SMILES string of the molecule is CN(C)CCNCc1cc(C(C)(C)C)cc(C(C)(C)C)c1O. The summed E-state index contributed by atoms with van der Waals surface area (Å²) in [6.07, 6.45) is 0. The summed E-state index contributed by atoms with van der Waals surface area (Å²) in [6, 6.07) is 4.31. The summed E-state index contributed by atoms with van der Waals surface area (Å²) in [5, 5.41) is 14.1. The van der Waals surface area contributed by atoms with Gasteiger partial charge in [-0.3, -0.25) is 0 Å². The first kappa shape index (κ1) is 19.0. The lowest BCUT2D eigenvalue weighted by molar-refractivity contribution is 0.396. The van der Waals surface area contributed by atoms with E-state index in [-0.39, 0.29) is 10.8 Å². The first-order valence-electron chi connectivity index (χ1n) is 8.15. The van der Waals surface area contributed by atoms with Gasteiger partial charge in [0.1, 0.15) is 5.75 Å². The summed E-state index contributed by atoms with van der Waals surface area (Å²) < 4.78 is 0. The van der Waals surface area contributed by atoms with Gasteiger partial charge in [0.25, 0.3) is 0 Å². The molecule has 0 spiro atoms. The molecule has 3 nitrogen and oxygen atoms in total. The summed E-state index contributed by atoms with van der Waals surface area (Å²) >= 11 is 0. The van der Waals surface area contributed by atoms with Gasteiger partial charge in [0, 0.05) is 25.2 Å². The van der Waals surface area contributed by atoms with Gasteiger partial charge in [0.2, 0.25) is 0 Å². The summed E-state index contributed by atoms with van der Waals surface area (Å²) in [5.74, 6) is 0.442. The van der Waals surface area contributed by atoms with Crippen molar-refractivity contribution in [1.29, 1.82) is 0 Å². The Balaban J connectivity index is 3.09. The fraction of sp³-hybridized carbons (Fsp3) is 0.684. The van der Waals surface area contributed by atoms with Crippen LogP contribution in [0.4, 0.5) is 0 Å². The van der Waals surface area contributed by atoms with Gasteiger partial charge in [-0.1, -0.05) is 53.7 Å². The molecule has 3 heteroatoms. The molecule has 0 aliphatic rings. The van der Waals surface area contributed by atoms with Crippen LogP contribution in [0.5, 0.6) is 5.75 Å². The van der Waals surface area contributed by atoms with E-state index in [1.54, 1.807) is 0 Å². The molecule has 1 aromatic carbocycles. The summed E-state index contributed by atoms with van der Waals surface area (Å²) in [4.78, 5) is 2.15. The van der Waals surface area contributed by atoms with Crippen LogP contribution < -0.4 is 5.32 Å². The van der Waals surface area contributed by atoms with Gasteiger partial charge in [0.05, 0.1) is 0 Å². The predicted octanol–water partition coefficient (Wildman–Crippen LogP) is 3.64. The van der Waals surface area contributed by atoms with Crippen LogP contribution in [0.2, 0.25) is 0 Å². The van der Waals surface area contributed by atoms with Crippen LogP contribution in [-0.4, -0.2) is 37.2 Å². The van der Waals surface area contributed by atoms with Crippen molar-refractivity contribution >= 4 is 0 Å². The van der Waals surface area contributed by atoms with Crippen molar-refractivity contribution in [3.63, 3.8) is 0 Å². The third kappa shape index (κ3) is 5.29. The van der Waals surface area contributed by atoms with E-state index in [2.05, 4.69) is 78.0 Å². The van der Waals surface area contributed by atoms with Crippen molar-refractivity contribution in [2.75, 3.05) is 27.2 Å². The Morgan fingerprint density at radius 2 is 1.59 bits per heavy atom. The van der Waals surface area contributed by atoms with Crippen molar-refractivity contribution in [2.45, 2.75) is 58.9 Å². The maximum atomic E-state index is 10.7. The van der Waals surface area contributed by atoms with Crippen molar-refractivity contribution in [2.24, 2.45) is 0 Å². The van der Waals surface area contributed by atoms with E-state index in [1.165, 1.54) is 5.56 Å². The molecular weight excluding hydrogens is 272 g/mol. The molecule has 126 valence electrons. The molecule has 0 unspecified atom stereocenters. The van der Waals surface area contributed by atoms with E-state index < -0.39 is 0 Å². The van der Waals surface area contributed by atoms with Crippen LogP contribution in [-0.2, 0) is 17.4 Å². The highest BCUT2D eigenvalue weighted by Gasteiger charge is 2.24. The molecular formula is C19H34N2O. The molecule has 1 aromatic rings. The first-order valence-corrected chi connectivity index (χ1v) is 8.15. The van der Waals surface area contributed by atoms with Crippen LogP contribution in [0.25, 0.3) is 0 Å². The zero-order valence-corrected chi connectivity index (χ0v) is 15.7. The van der Waals surface area contributed by atoms with Crippen LogP contribution in [0.3, 0.4) is 0 Å². The van der Waals surface area contributed by atoms with Gasteiger partial charge < -0.3 is 15.3 Å². The monoisotopic (exact) mass is 306 g/mol. The minimum absolute atomic E-state index is 0.0657. The van der Waals surface area contributed by atoms with Gasteiger partial charge in [-0.25, -0.2) is 0 Å². The number of benzene rings is 1. The Bertz CT molecular complexity index is 493. The highest BCUT2D eigenvalue weighted by molar-refractivity contribution is 5.48. The average molecular weight is 306 g/mol. The van der Waals surface area contributed by atoms with E-state index in [9.17, 15) is 5.11 Å². The number of phenols is 1. The van der Waals surface area contributed by atoms with Gasteiger partial charge >= 0.3 is 0 Å². The number of phenolic OH excluding ortho intramolecular Hbond substituents is 1. The molecule has 0 fully saturated rings. The molecule has 22 heavy (non-hydrogen) atoms. The highest BCUT2D eigenvalue weighted by Crippen LogP contribution is 2.37. The Morgan fingerprint density at radius 1 is 1.00 bits per heavy atom. The molecule has 2 N–H and O–H groups in total. The summed E-state index contributed by atoms with van der Waals surface area (Å²) in [5.41, 5.74) is 3.32. The van der Waals surface area contributed by atoms with Gasteiger partial charge in [-0.2, -0.15) is 0 Å². The molecule has 0 saturated carbocycles.